The Morgan fingerprint density at radius 1 is 1.12 bits per heavy atom. The number of aryl methyl sites for hydroxylation is 1. The third kappa shape index (κ3) is 7.55. The van der Waals surface area contributed by atoms with Gasteiger partial charge in [0.25, 0.3) is 10.1 Å². The quantitative estimate of drug-likeness (QED) is 0.351. The predicted molar refractivity (Wildman–Crippen MR) is 164 cm³/mol. The monoisotopic (exact) mass is 636 g/mol. The average molecular weight is 637 g/mol. The number of aromatic nitrogens is 1. The second kappa shape index (κ2) is 14.1. The summed E-state index contributed by atoms with van der Waals surface area (Å²) >= 11 is 6.26. The molecular weight excluding hydrogens is 600 g/mol. The van der Waals surface area contributed by atoms with E-state index in [1.165, 1.54) is 15.3 Å². The van der Waals surface area contributed by atoms with Gasteiger partial charge in [-0.05, 0) is 65.4 Å². The number of amides is 1. The van der Waals surface area contributed by atoms with Gasteiger partial charge in [-0.2, -0.15) is 12.7 Å². The fourth-order valence-electron chi connectivity index (χ4n) is 4.96. The molecule has 1 unspecified atom stereocenters. The number of benzene rings is 2. The Morgan fingerprint density at radius 3 is 2.48 bits per heavy atom. The smallest absolute Gasteiger partial charge is 0.266 e. The number of piperazine rings is 1. The van der Waals surface area contributed by atoms with E-state index < -0.39 is 43.9 Å². The molecule has 1 saturated heterocycles. The molecule has 42 heavy (non-hydrogen) atoms. The molecule has 228 valence electrons. The van der Waals surface area contributed by atoms with Crippen LogP contribution in [-0.4, -0.2) is 72.9 Å². The number of hydrogen-bond donors (Lipinski definition) is 2. The minimum atomic E-state index is -4.49. The van der Waals surface area contributed by atoms with E-state index in [2.05, 4.69) is 4.98 Å². The van der Waals surface area contributed by atoms with Gasteiger partial charge in [-0.25, -0.2) is 8.42 Å². The summed E-state index contributed by atoms with van der Waals surface area (Å²) in [5, 5.41) is 0.314. The molecule has 0 aliphatic carbocycles. The van der Waals surface area contributed by atoms with E-state index in [-0.39, 0.29) is 24.5 Å². The van der Waals surface area contributed by atoms with E-state index >= 15 is 0 Å². The highest BCUT2D eigenvalue weighted by Crippen LogP contribution is 2.36. The summed E-state index contributed by atoms with van der Waals surface area (Å²) in [5.74, 6) is -1.63. The summed E-state index contributed by atoms with van der Waals surface area (Å²) in [6, 6.07) is 11.7. The SMILES string of the molecule is CC.CCc1cnccc1-c1cccc(C2CN(C(=O)[C@@H](N)CS(=O)(=O)O)CCN2S(=O)(=O)c2cccc(Cl)c2C)c1. The van der Waals surface area contributed by atoms with Crippen molar-refractivity contribution in [3.05, 3.63) is 82.6 Å². The molecular formula is C29H37ClN4O6S2. The molecule has 3 N–H and O–H groups in total. The third-order valence-corrected chi connectivity index (χ3v) is 10.3. The molecule has 2 atom stereocenters. The molecule has 4 rings (SSSR count). The van der Waals surface area contributed by atoms with Crippen molar-refractivity contribution in [2.75, 3.05) is 25.4 Å². The van der Waals surface area contributed by atoms with Crippen LogP contribution in [0.2, 0.25) is 5.02 Å². The van der Waals surface area contributed by atoms with Gasteiger partial charge < -0.3 is 10.6 Å². The number of pyridine rings is 1. The van der Waals surface area contributed by atoms with Crippen molar-refractivity contribution in [2.24, 2.45) is 5.73 Å². The lowest BCUT2D eigenvalue weighted by Gasteiger charge is -2.41. The predicted octanol–water partition coefficient (Wildman–Crippen LogP) is 4.09. The summed E-state index contributed by atoms with van der Waals surface area (Å²) in [5.41, 5.74) is 9.71. The summed E-state index contributed by atoms with van der Waals surface area (Å²) in [4.78, 5) is 18.7. The van der Waals surface area contributed by atoms with Crippen LogP contribution in [0, 0.1) is 6.92 Å². The highest BCUT2D eigenvalue weighted by molar-refractivity contribution is 7.89. The minimum absolute atomic E-state index is 0.0165. The molecule has 2 heterocycles. The van der Waals surface area contributed by atoms with Crippen molar-refractivity contribution < 1.29 is 26.2 Å². The lowest BCUT2D eigenvalue weighted by molar-refractivity contribution is -0.134. The standard InChI is InChI=1S/C27H31ClN4O6S2.C2H6/c1-3-19-15-30-11-10-22(19)20-6-4-7-21(14-20)25-16-31(27(33)24(29)17-39(34,35)36)12-13-32(25)40(37,38)26-9-5-8-23(28)18(26)2;1-2/h4-11,14-15,24-25H,3,12-13,16-17,29H2,1-2H3,(H,34,35,36);1-2H3/t24-,25?;/m0./s1. The number of halogens is 1. The van der Waals surface area contributed by atoms with E-state index in [1.54, 1.807) is 37.5 Å². The molecule has 2 aromatic carbocycles. The van der Waals surface area contributed by atoms with Crippen LogP contribution in [0.4, 0.5) is 0 Å². The summed E-state index contributed by atoms with van der Waals surface area (Å²) in [6.07, 6.45) is 4.23. The van der Waals surface area contributed by atoms with Crippen LogP contribution in [0.25, 0.3) is 11.1 Å². The lowest BCUT2D eigenvalue weighted by Crippen LogP contribution is -2.56. The van der Waals surface area contributed by atoms with Crippen LogP contribution in [-0.2, 0) is 31.4 Å². The Bertz CT molecular complexity index is 1630. The normalized spacial score (nSPS) is 16.8. The molecule has 0 saturated carbocycles. The van der Waals surface area contributed by atoms with Crippen molar-refractivity contribution in [3.8, 4) is 11.1 Å². The molecule has 1 aromatic heterocycles. The zero-order valence-corrected chi connectivity index (χ0v) is 26.5. The van der Waals surface area contributed by atoms with Gasteiger partial charge in [0.1, 0.15) is 6.04 Å². The second-order valence-corrected chi connectivity index (χ2v) is 13.4. The molecule has 3 aromatic rings. The number of sulfonamides is 1. The van der Waals surface area contributed by atoms with E-state index in [4.69, 9.17) is 17.3 Å². The maximum absolute atomic E-state index is 14.0. The van der Waals surface area contributed by atoms with E-state index in [9.17, 15) is 26.2 Å². The third-order valence-electron chi connectivity index (χ3n) is 7.02. The van der Waals surface area contributed by atoms with Gasteiger partial charge in [-0.1, -0.05) is 56.6 Å². The lowest BCUT2D eigenvalue weighted by atomic mass is 9.95. The first-order valence-electron chi connectivity index (χ1n) is 13.6. The first-order valence-corrected chi connectivity index (χ1v) is 17.1. The van der Waals surface area contributed by atoms with Gasteiger partial charge in [-0.15, -0.1) is 0 Å². The van der Waals surface area contributed by atoms with Crippen LogP contribution < -0.4 is 5.73 Å². The fraction of sp³-hybridized carbons (Fsp3) is 0.379. The van der Waals surface area contributed by atoms with Crippen LogP contribution in [0.5, 0.6) is 0 Å². The zero-order chi connectivity index (χ0) is 31.2. The van der Waals surface area contributed by atoms with Crippen LogP contribution in [0.3, 0.4) is 0 Å². The van der Waals surface area contributed by atoms with Crippen molar-refractivity contribution in [1.82, 2.24) is 14.2 Å². The largest absolute Gasteiger partial charge is 0.338 e. The number of rotatable bonds is 8. The molecule has 1 aliphatic heterocycles. The van der Waals surface area contributed by atoms with Crippen molar-refractivity contribution >= 4 is 37.6 Å². The Morgan fingerprint density at radius 2 is 1.81 bits per heavy atom. The number of nitrogens with two attached hydrogens (primary N) is 1. The molecule has 0 spiro atoms. The van der Waals surface area contributed by atoms with Crippen LogP contribution >= 0.6 is 11.6 Å². The van der Waals surface area contributed by atoms with Crippen molar-refractivity contribution in [1.29, 1.82) is 0 Å². The van der Waals surface area contributed by atoms with E-state index in [0.29, 0.717) is 16.1 Å². The molecule has 1 aliphatic rings. The maximum atomic E-state index is 14.0. The zero-order valence-electron chi connectivity index (χ0n) is 24.1. The van der Waals surface area contributed by atoms with Gasteiger partial charge in [0.05, 0.1) is 16.7 Å². The van der Waals surface area contributed by atoms with Crippen LogP contribution in [0.15, 0.2) is 65.8 Å². The van der Waals surface area contributed by atoms with E-state index in [0.717, 1.165) is 23.1 Å². The topological polar surface area (TPSA) is 151 Å². The number of carbonyl (C=O) groups excluding carboxylic acids is 1. The Labute approximate surface area is 253 Å². The van der Waals surface area contributed by atoms with Crippen LogP contribution in [0.1, 0.15) is 43.5 Å². The molecule has 10 nitrogen and oxygen atoms in total. The Hall–Kier alpha value is -2.87. The van der Waals surface area contributed by atoms with Gasteiger partial charge in [-0.3, -0.25) is 14.3 Å². The molecule has 0 bridgehead atoms. The Kier molecular flexibility index (Phi) is 11.3. The molecule has 13 heteroatoms. The number of nitrogens with zero attached hydrogens (tertiary/aromatic N) is 3. The summed E-state index contributed by atoms with van der Waals surface area (Å²) < 4.78 is 61.2. The Balaban J connectivity index is 0.00000237. The average Bonchev–Trinajstić information content (AvgIpc) is 2.98. The second-order valence-electron chi connectivity index (χ2n) is 9.65. The van der Waals surface area contributed by atoms with Gasteiger partial charge in [0.15, 0.2) is 0 Å². The summed E-state index contributed by atoms with van der Waals surface area (Å²) in [7, 11) is -8.56. The molecule has 1 amide bonds. The highest BCUT2D eigenvalue weighted by Gasteiger charge is 2.40. The summed E-state index contributed by atoms with van der Waals surface area (Å²) in [6.45, 7) is 7.50. The maximum Gasteiger partial charge on any atom is 0.266 e. The van der Waals surface area contributed by atoms with Gasteiger partial charge in [0.2, 0.25) is 15.9 Å². The first kappa shape index (κ1) is 33.6. The molecule has 1 fully saturated rings. The fourth-order valence-corrected chi connectivity index (χ4v) is 7.63. The van der Waals surface area contributed by atoms with Crippen molar-refractivity contribution in [3.63, 3.8) is 0 Å². The van der Waals surface area contributed by atoms with Gasteiger partial charge >= 0.3 is 0 Å². The minimum Gasteiger partial charge on any atom is -0.338 e. The van der Waals surface area contributed by atoms with Crippen molar-refractivity contribution in [2.45, 2.75) is 51.1 Å². The highest BCUT2D eigenvalue weighted by atomic mass is 35.5. The number of hydrogen-bond acceptors (Lipinski definition) is 7. The van der Waals surface area contributed by atoms with Gasteiger partial charge in [0, 0.05) is 37.1 Å². The van der Waals surface area contributed by atoms with E-state index in [1.807, 2.05) is 45.0 Å². The first-order chi connectivity index (χ1) is 19.8. The molecule has 0 radical (unpaired) electrons. The number of carbonyl (C=O) groups is 1.